The monoisotopic (exact) mass is 337 g/mol. The molecule has 0 atom stereocenters. The summed E-state index contributed by atoms with van der Waals surface area (Å²) in [5, 5.41) is 12.6. The molecule has 3 heteroatoms. The first-order valence-electron chi connectivity index (χ1n) is 8.74. The smallest absolute Gasteiger partial charge is 0.331 e. The van der Waals surface area contributed by atoms with Gasteiger partial charge in [0.2, 0.25) is 0 Å². The predicted octanol–water partition coefficient (Wildman–Crippen LogP) is 5.67. The van der Waals surface area contributed by atoms with Gasteiger partial charge in [-0.25, -0.2) is 4.79 Å². The van der Waals surface area contributed by atoms with Crippen LogP contribution in [0.5, 0.6) is 0 Å². The molecule has 3 nitrogen and oxygen atoms in total. The highest BCUT2D eigenvalue weighted by Gasteiger charge is 2.09. The van der Waals surface area contributed by atoms with Crippen LogP contribution in [0.2, 0.25) is 0 Å². The number of carboxylic acid groups (broad SMARTS) is 1. The summed E-state index contributed by atoms with van der Waals surface area (Å²) in [6.45, 7) is 10.2. The van der Waals surface area contributed by atoms with Gasteiger partial charge in [0.15, 0.2) is 0 Å². The number of nitrogens with one attached hydrogen (secondary N) is 1. The fourth-order valence-corrected chi connectivity index (χ4v) is 2.89. The Morgan fingerprint density at radius 1 is 1.12 bits per heavy atom. The van der Waals surface area contributed by atoms with E-state index in [1.54, 1.807) is 6.08 Å². The number of benzene rings is 2. The first kappa shape index (κ1) is 18.8. The van der Waals surface area contributed by atoms with Crippen LogP contribution in [-0.2, 0) is 4.79 Å². The van der Waals surface area contributed by atoms with E-state index in [2.05, 4.69) is 62.5 Å². The van der Waals surface area contributed by atoms with Crippen LogP contribution in [0.4, 0.5) is 5.69 Å². The summed E-state index contributed by atoms with van der Waals surface area (Å²) < 4.78 is 0. The van der Waals surface area contributed by atoms with Gasteiger partial charge in [-0.15, -0.1) is 0 Å². The molecule has 25 heavy (non-hydrogen) atoms. The average molecular weight is 337 g/mol. The number of rotatable bonds is 6. The van der Waals surface area contributed by atoms with E-state index in [4.69, 9.17) is 0 Å². The third kappa shape index (κ3) is 4.72. The lowest BCUT2D eigenvalue weighted by molar-refractivity contribution is -0.132. The summed E-state index contributed by atoms with van der Waals surface area (Å²) in [4.78, 5) is 11.3. The lowest BCUT2D eigenvalue weighted by Gasteiger charge is -2.13. The number of hydrogen-bond donors (Lipinski definition) is 2. The molecule has 0 aliphatic carbocycles. The number of anilines is 1. The third-order valence-electron chi connectivity index (χ3n) is 4.25. The van der Waals surface area contributed by atoms with Crippen LogP contribution in [0.3, 0.4) is 0 Å². The molecular weight excluding hydrogens is 310 g/mol. The minimum absolute atomic E-state index is 0.405. The molecule has 0 fully saturated rings. The summed E-state index contributed by atoms with van der Waals surface area (Å²) in [7, 11) is 0. The molecule has 0 unspecified atom stereocenters. The van der Waals surface area contributed by atoms with Crippen molar-refractivity contribution in [3.05, 3.63) is 58.7 Å². The molecule has 0 bridgehead atoms. The Labute approximate surface area is 150 Å². The van der Waals surface area contributed by atoms with Crippen LogP contribution in [0, 0.1) is 13.8 Å². The second kappa shape index (κ2) is 8.02. The molecule has 0 aliphatic heterocycles. The molecule has 2 aromatic carbocycles. The molecule has 0 aromatic heterocycles. The highest BCUT2D eigenvalue weighted by Crippen LogP contribution is 2.29. The predicted molar refractivity (Wildman–Crippen MR) is 106 cm³/mol. The Kier molecular flexibility index (Phi) is 6.02. The Balaban J connectivity index is 2.38. The highest BCUT2D eigenvalue weighted by atomic mass is 16.4. The maximum atomic E-state index is 11.3. The Morgan fingerprint density at radius 3 is 2.28 bits per heavy atom. The quantitative estimate of drug-likeness (QED) is 0.668. The van der Waals surface area contributed by atoms with Gasteiger partial charge in [0.1, 0.15) is 0 Å². The maximum Gasteiger partial charge on any atom is 0.331 e. The SMILES string of the molecule is CCC(=Cc1cc(C)c(-c2ccc(NC(C)C)cc2)cc1C)C(=O)O. The highest BCUT2D eigenvalue weighted by molar-refractivity contribution is 5.92. The van der Waals surface area contributed by atoms with Crippen molar-refractivity contribution in [3.63, 3.8) is 0 Å². The molecule has 0 saturated heterocycles. The van der Waals surface area contributed by atoms with Crippen LogP contribution in [0.15, 0.2) is 42.0 Å². The summed E-state index contributed by atoms with van der Waals surface area (Å²) in [5.41, 5.74) is 7.08. The zero-order chi connectivity index (χ0) is 18.6. The van der Waals surface area contributed by atoms with Gasteiger partial charge in [0, 0.05) is 17.3 Å². The van der Waals surface area contributed by atoms with E-state index in [-0.39, 0.29) is 0 Å². The molecule has 2 N–H and O–H groups in total. The van der Waals surface area contributed by atoms with Crippen molar-refractivity contribution >= 4 is 17.7 Å². The zero-order valence-electron chi connectivity index (χ0n) is 15.7. The summed E-state index contributed by atoms with van der Waals surface area (Å²) >= 11 is 0. The number of carboxylic acids is 1. The van der Waals surface area contributed by atoms with Crippen LogP contribution in [0.1, 0.15) is 43.9 Å². The van der Waals surface area contributed by atoms with Crippen molar-refractivity contribution in [2.75, 3.05) is 5.32 Å². The molecule has 0 radical (unpaired) electrons. The normalized spacial score (nSPS) is 11.7. The Morgan fingerprint density at radius 2 is 1.76 bits per heavy atom. The zero-order valence-corrected chi connectivity index (χ0v) is 15.7. The number of aliphatic carboxylic acids is 1. The van der Waals surface area contributed by atoms with Gasteiger partial charge in [0.05, 0.1) is 0 Å². The standard InChI is InChI=1S/C22H27NO2/c1-6-17(22(24)25)13-19-11-16(5)21(12-15(19)4)18-7-9-20(10-8-18)23-14(2)3/h7-14,23H,6H2,1-5H3,(H,24,25). The van der Waals surface area contributed by atoms with Crippen molar-refractivity contribution in [1.82, 2.24) is 0 Å². The lowest BCUT2D eigenvalue weighted by Crippen LogP contribution is -2.09. The average Bonchev–Trinajstić information content (AvgIpc) is 2.55. The van der Waals surface area contributed by atoms with Crippen molar-refractivity contribution in [2.24, 2.45) is 0 Å². The number of hydrogen-bond acceptors (Lipinski definition) is 2. The summed E-state index contributed by atoms with van der Waals surface area (Å²) in [6.07, 6.45) is 2.30. The van der Waals surface area contributed by atoms with Crippen LogP contribution in [0.25, 0.3) is 17.2 Å². The summed E-state index contributed by atoms with van der Waals surface area (Å²) in [5.74, 6) is -0.850. The molecular formula is C22H27NO2. The van der Waals surface area contributed by atoms with Gasteiger partial charge in [-0.2, -0.15) is 0 Å². The van der Waals surface area contributed by atoms with E-state index in [1.165, 1.54) is 11.1 Å². The first-order chi connectivity index (χ1) is 11.8. The lowest BCUT2D eigenvalue weighted by atomic mass is 9.93. The molecule has 132 valence electrons. The largest absolute Gasteiger partial charge is 0.478 e. The van der Waals surface area contributed by atoms with Crippen LogP contribution in [-0.4, -0.2) is 17.1 Å². The van der Waals surface area contributed by atoms with Crippen LogP contribution < -0.4 is 5.32 Å². The Hall–Kier alpha value is -2.55. The van der Waals surface area contributed by atoms with E-state index < -0.39 is 5.97 Å². The van der Waals surface area contributed by atoms with E-state index >= 15 is 0 Å². The molecule has 2 rings (SSSR count). The minimum atomic E-state index is -0.850. The molecule has 0 spiro atoms. The molecule has 0 saturated carbocycles. The van der Waals surface area contributed by atoms with Gasteiger partial charge in [-0.3, -0.25) is 0 Å². The van der Waals surface area contributed by atoms with Gasteiger partial charge in [0.25, 0.3) is 0 Å². The minimum Gasteiger partial charge on any atom is -0.478 e. The van der Waals surface area contributed by atoms with Crippen molar-refractivity contribution in [2.45, 2.75) is 47.1 Å². The second-order valence-electron chi connectivity index (χ2n) is 6.73. The van der Waals surface area contributed by atoms with Gasteiger partial charge >= 0.3 is 5.97 Å². The van der Waals surface area contributed by atoms with E-state index in [0.717, 1.165) is 22.4 Å². The van der Waals surface area contributed by atoms with Gasteiger partial charge in [-0.1, -0.05) is 31.2 Å². The van der Waals surface area contributed by atoms with Crippen molar-refractivity contribution < 1.29 is 9.90 Å². The molecule has 0 heterocycles. The number of aryl methyl sites for hydroxylation is 2. The van der Waals surface area contributed by atoms with Crippen molar-refractivity contribution in [1.29, 1.82) is 0 Å². The fraction of sp³-hybridized carbons (Fsp3) is 0.318. The van der Waals surface area contributed by atoms with Gasteiger partial charge < -0.3 is 10.4 Å². The van der Waals surface area contributed by atoms with E-state index in [9.17, 15) is 9.90 Å². The molecule has 0 aliphatic rings. The molecule has 2 aromatic rings. The first-order valence-corrected chi connectivity index (χ1v) is 8.74. The molecule has 0 amide bonds. The Bertz CT molecular complexity index is 786. The van der Waals surface area contributed by atoms with E-state index in [1.807, 2.05) is 13.8 Å². The topological polar surface area (TPSA) is 49.3 Å². The summed E-state index contributed by atoms with van der Waals surface area (Å²) in [6, 6.07) is 13.1. The van der Waals surface area contributed by atoms with Crippen LogP contribution >= 0.6 is 0 Å². The third-order valence-corrected chi connectivity index (χ3v) is 4.25. The fourth-order valence-electron chi connectivity index (χ4n) is 2.89. The van der Waals surface area contributed by atoms with Gasteiger partial charge in [-0.05, 0) is 80.1 Å². The number of carbonyl (C=O) groups is 1. The van der Waals surface area contributed by atoms with E-state index in [0.29, 0.717) is 18.0 Å². The maximum absolute atomic E-state index is 11.3. The second-order valence-corrected chi connectivity index (χ2v) is 6.73. The van der Waals surface area contributed by atoms with Crippen molar-refractivity contribution in [3.8, 4) is 11.1 Å².